The minimum absolute atomic E-state index is 0.105. The lowest BCUT2D eigenvalue weighted by Gasteiger charge is -2.10. The average molecular weight is 372 g/mol. The highest BCUT2D eigenvalue weighted by Gasteiger charge is 2.24. The number of hydrogen-bond acceptors (Lipinski definition) is 6. The highest BCUT2D eigenvalue weighted by Crippen LogP contribution is 2.35. The van der Waals surface area contributed by atoms with E-state index in [-0.39, 0.29) is 22.4 Å². The summed E-state index contributed by atoms with van der Waals surface area (Å²) in [5, 5.41) is 0.269. The Balaban J connectivity index is 1.98. The van der Waals surface area contributed by atoms with Crippen molar-refractivity contribution >= 4 is 35.5 Å². The van der Waals surface area contributed by atoms with Crippen molar-refractivity contribution in [3.63, 3.8) is 0 Å². The van der Waals surface area contributed by atoms with Crippen LogP contribution >= 0.6 is 11.6 Å². The van der Waals surface area contributed by atoms with Gasteiger partial charge in [-0.1, -0.05) is 29.8 Å². The van der Waals surface area contributed by atoms with Crippen molar-refractivity contribution in [2.24, 2.45) is 4.99 Å². The molecule has 0 spiro atoms. The molecule has 2 aromatic carbocycles. The van der Waals surface area contributed by atoms with Gasteiger partial charge in [-0.3, -0.25) is 4.79 Å². The molecule has 0 amide bonds. The van der Waals surface area contributed by atoms with Crippen molar-refractivity contribution < 1.29 is 23.8 Å². The van der Waals surface area contributed by atoms with Crippen molar-refractivity contribution in [3.8, 4) is 11.5 Å². The van der Waals surface area contributed by atoms with E-state index in [1.165, 1.54) is 26.2 Å². The summed E-state index contributed by atoms with van der Waals surface area (Å²) in [7, 11) is 1.43. The van der Waals surface area contributed by atoms with Crippen molar-refractivity contribution in [1.82, 2.24) is 0 Å². The quantitative estimate of drug-likeness (QED) is 0.466. The average Bonchev–Trinajstić information content (AvgIpc) is 2.98. The molecule has 0 unspecified atom stereocenters. The minimum Gasteiger partial charge on any atom is -0.493 e. The van der Waals surface area contributed by atoms with Gasteiger partial charge in [0.1, 0.15) is 0 Å². The fourth-order valence-electron chi connectivity index (χ4n) is 2.32. The molecule has 0 bridgehead atoms. The van der Waals surface area contributed by atoms with Crippen molar-refractivity contribution in [2.75, 3.05) is 7.11 Å². The Bertz CT molecular complexity index is 934. The van der Waals surface area contributed by atoms with E-state index in [0.29, 0.717) is 16.9 Å². The molecule has 1 heterocycles. The molecule has 1 aliphatic heterocycles. The number of benzene rings is 2. The maximum atomic E-state index is 12.1. The second-order valence-corrected chi connectivity index (χ2v) is 5.73. The van der Waals surface area contributed by atoms with Gasteiger partial charge >= 0.3 is 11.9 Å². The van der Waals surface area contributed by atoms with Crippen LogP contribution in [0.3, 0.4) is 0 Å². The predicted molar refractivity (Wildman–Crippen MR) is 96.4 cm³/mol. The Morgan fingerprint density at radius 3 is 2.58 bits per heavy atom. The van der Waals surface area contributed by atoms with Crippen LogP contribution in [0.4, 0.5) is 0 Å². The van der Waals surface area contributed by atoms with Crippen LogP contribution in [-0.2, 0) is 14.3 Å². The third kappa shape index (κ3) is 3.75. The number of carbonyl (C=O) groups excluding carboxylic acids is 2. The standard InChI is InChI=1S/C19H14ClNO5/c1-11(22)25-17-10-14(20)13(9-16(17)24-2)8-15-19(23)26-18(21-15)12-6-4-3-5-7-12/h3-10H,1-2H3. The molecule has 0 aliphatic carbocycles. The van der Waals surface area contributed by atoms with Crippen LogP contribution < -0.4 is 9.47 Å². The number of rotatable bonds is 4. The van der Waals surface area contributed by atoms with E-state index in [4.69, 9.17) is 25.8 Å². The zero-order valence-electron chi connectivity index (χ0n) is 14.0. The van der Waals surface area contributed by atoms with Gasteiger partial charge in [0.15, 0.2) is 17.2 Å². The smallest absolute Gasteiger partial charge is 0.363 e. The molecule has 7 heteroatoms. The largest absolute Gasteiger partial charge is 0.493 e. The molecule has 3 rings (SSSR count). The van der Waals surface area contributed by atoms with Gasteiger partial charge in [-0.15, -0.1) is 0 Å². The lowest BCUT2D eigenvalue weighted by atomic mass is 10.1. The second kappa shape index (κ2) is 7.41. The number of cyclic esters (lactones) is 1. The molecule has 0 atom stereocenters. The van der Waals surface area contributed by atoms with Gasteiger partial charge in [0.05, 0.1) is 12.1 Å². The van der Waals surface area contributed by atoms with Crippen LogP contribution in [0.5, 0.6) is 11.5 Å². The number of esters is 2. The van der Waals surface area contributed by atoms with E-state index in [2.05, 4.69) is 4.99 Å². The minimum atomic E-state index is -0.581. The first kappa shape index (κ1) is 17.7. The Hall–Kier alpha value is -3.12. The zero-order valence-corrected chi connectivity index (χ0v) is 14.7. The van der Waals surface area contributed by atoms with Gasteiger partial charge < -0.3 is 14.2 Å². The van der Waals surface area contributed by atoms with Crippen LogP contribution in [0.15, 0.2) is 53.2 Å². The number of methoxy groups -OCH3 is 1. The maximum absolute atomic E-state index is 12.1. The van der Waals surface area contributed by atoms with Crippen LogP contribution in [0.2, 0.25) is 5.02 Å². The molecular formula is C19H14ClNO5. The van der Waals surface area contributed by atoms with Gasteiger partial charge in [0.25, 0.3) is 0 Å². The molecule has 2 aromatic rings. The van der Waals surface area contributed by atoms with Gasteiger partial charge in [-0.25, -0.2) is 9.79 Å². The topological polar surface area (TPSA) is 74.2 Å². The molecule has 0 saturated heterocycles. The van der Waals surface area contributed by atoms with Gasteiger partial charge in [0.2, 0.25) is 5.90 Å². The van der Waals surface area contributed by atoms with E-state index in [1.54, 1.807) is 18.2 Å². The maximum Gasteiger partial charge on any atom is 0.363 e. The Morgan fingerprint density at radius 1 is 1.19 bits per heavy atom. The summed E-state index contributed by atoms with van der Waals surface area (Å²) in [4.78, 5) is 27.5. The summed E-state index contributed by atoms with van der Waals surface area (Å²) >= 11 is 6.23. The fourth-order valence-corrected chi connectivity index (χ4v) is 2.52. The molecule has 6 nitrogen and oxygen atoms in total. The molecule has 0 fully saturated rings. The predicted octanol–water partition coefficient (Wildman–Crippen LogP) is 3.62. The van der Waals surface area contributed by atoms with Crippen LogP contribution in [0.25, 0.3) is 6.08 Å². The van der Waals surface area contributed by atoms with Crippen LogP contribution in [0.1, 0.15) is 18.1 Å². The highest BCUT2D eigenvalue weighted by molar-refractivity contribution is 6.32. The number of nitrogens with zero attached hydrogens (tertiary/aromatic N) is 1. The number of hydrogen-bond donors (Lipinski definition) is 0. The van der Waals surface area contributed by atoms with Crippen molar-refractivity contribution in [1.29, 1.82) is 0 Å². The number of aliphatic imine (C=N–C) groups is 1. The van der Waals surface area contributed by atoms with Gasteiger partial charge in [0, 0.05) is 18.6 Å². The third-order valence-corrected chi connectivity index (χ3v) is 3.80. The molecule has 0 aromatic heterocycles. The van der Waals surface area contributed by atoms with Crippen molar-refractivity contribution in [2.45, 2.75) is 6.92 Å². The highest BCUT2D eigenvalue weighted by atomic mass is 35.5. The summed E-state index contributed by atoms with van der Waals surface area (Å²) in [6.45, 7) is 1.28. The second-order valence-electron chi connectivity index (χ2n) is 5.32. The summed E-state index contributed by atoms with van der Waals surface area (Å²) < 4.78 is 15.5. The Morgan fingerprint density at radius 2 is 1.92 bits per heavy atom. The van der Waals surface area contributed by atoms with Gasteiger partial charge in [-0.2, -0.15) is 0 Å². The molecule has 1 aliphatic rings. The summed E-state index contributed by atoms with van der Waals surface area (Å²) in [6, 6.07) is 12.1. The van der Waals surface area contributed by atoms with E-state index >= 15 is 0 Å². The van der Waals surface area contributed by atoms with E-state index in [0.717, 1.165) is 0 Å². The first-order valence-electron chi connectivity index (χ1n) is 7.62. The molecule has 0 saturated carbocycles. The number of ether oxygens (including phenoxy) is 3. The molecular weight excluding hydrogens is 358 g/mol. The molecule has 26 heavy (non-hydrogen) atoms. The number of carbonyl (C=O) groups is 2. The summed E-state index contributed by atoms with van der Waals surface area (Å²) in [5.41, 5.74) is 1.27. The Kier molecular flexibility index (Phi) is 5.04. The third-order valence-electron chi connectivity index (χ3n) is 3.47. The fraction of sp³-hybridized carbons (Fsp3) is 0.105. The number of halogens is 1. The lowest BCUT2D eigenvalue weighted by molar-refractivity contribution is -0.132. The normalized spacial score (nSPS) is 14.8. The van der Waals surface area contributed by atoms with E-state index in [1.807, 2.05) is 18.2 Å². The van der Waals surface area contributed by atoms with Crippen LogP contribution in [0, 0.1) is 0 Å². The monoisotopic (exact) mass is 371 g/mol. The first-order valence-corrected chi connectivity index (χ1v) is 7.99. The van der Waals surface area contributed by atoms with Gasteiger partial charge in [-0.05, 0) is 29.8 Å². The summed E-state index contributed by atoms with van der Waals surface area (Å²) in [6.07, 6.45) is 1.49. The van der Waals surface area contributed by atoms with Crippen LogP contribution in [-0.4, -0.2) is 24.9 Å². The first-order chi connectivity index (χ1) is 12.5. The van der Waals surface area contributed by atoms with E-state index in [9.17, 15) is 9.59 Å². The molecule has 0 radical (unpaired) electrons. The Labute approximate surface area is 154 Å². The molecule has 0 N–H and O–H groups in total. The van der Waals surface area contributed by atoms with Crippen molar-refractivity contribution in [3.05, 3.63) is 64.3 Å². The zero-order chi connectivity index (χ0) is 18.7. The lowest BCUT2D eigenvalue weighted by Crippen LogP contribution is -2.05. The van der Waals surface area contributed by atoms with E-state index < -0.39 is 11.9 Å². The SMILES string of the molecule is COc1cc(C=C2N=C(c3ccccc3)OC2=O)c(Cl)cc1OC(C)=O. The molecule has 132 valence electrons. The summed E-state index contributed by atoms with van der Waals surface area (Å²) in [5.74, 6) is -0.365.